The molecule has 27 heavy (non-hydrogen) atoms. The first-order valence-corrected chi connectivity index (χ1v) is 10.3. The second-order valence-electron chi connectivity index (χ2n) is 6.75. The molecule has 3 aromatic carbocycles. The third-order valence-electron chi connectivity index (χ3n) is 5.01. The van der Waals surface area contributed by atoms with Gasteiger partial charge in [-0.1, -0.05) is 54.6 Å². The van der Waals surface area contributed by atoms with Gasteiger partial charge >= 0.3 is 0 Å². The lowest BCUT2D eigenvalue weighted by molar-refractivity contribution is -0.122. The van der Waals surface area contributed by atoms with Crippen molar-refractivity contribution in [2.75, 3.05) is 4.31 Å². The molecule has 1 N–H and O–H groups in total. The molecule has 1 heterocycles. The standard InChI is InChI=1S/C21H20N2O3S/c1-14(16-8-4-3-5-9-16)22-21(24)15(2)23-18-12-6-10-17-11-7-13-19(20(17)18)27(23,25)26/h3-15H,1-2H3,(H,22,24)/t14-,15+/m0/s1. The van der Waals surface area contributed by atoms with Crippen molar-refractivity contribution in [2.24, 2.45) is 0 Å². The van der Waals surface area contributed by atoms with Gasteiger partial charge < -0.3 is 5.32 Å². The van der Waals surface area contributed by atoms with Crippen molar-refractivity contribution in [2.45, 2.75) is 30.8 Å². The van der Waals surface area contributed by atoms with Gasteiger partial charge in [-0.3, -0.25) is 9.10 Å². The van der Waals surface area contributed by atoms with Crippen LogP contribution in [0.25, 0.3) is 10.8 Å². The van der Waals surface area contributed by atoms with Crippen LogP contribution in [-0.4, -0.2) is 20.4 Å². The highest BCUT2D eigenvalue weighted by Crippen LogP contribution is 2.43. The highest BCUT2D eigenvalue weighted by molar-refractivity contribution is 7.93. The summed E-state index contributed by atoms with van der Waals surface area (Å²) in [6, 6.07) is 19.1. The van der Waals surface area contributed by atoms with Crippen LogP contribution >= 0.6 is 0 Å². The fourth-order valence-electron chi connectivity index (χ4n) is 3.60. The molecule has 5 nitrogen and oxygen atoms in total. The van der Waals surface area contributed by atoms with E-state index in [2.05, 4.69) is 5.32 Å². The smallest absolute Gasteiger partial charge is 0.265 e. The van der Waals surface area contributed by atoms with Gasteiger partial charge in [0.1, 0.15) is 6.04 Å². The molecule has 1 aliphatic rings. The van der Waals surface area contributed by atoms with E-state index in [1.54, 1.807) is 25.1 Å². The second kappa shape index (κ2) is 6.39. The maximum atomic E-state index is 13.1. The number of benzene rings is 3. The molecular weight excluding hydrogens is 360 g/mol. The summed E-state index contributed by atoms with van der Waals surface area (Å²) < 4.78 is 27.5. The minimum Gasteiger partial charge on any atom is -0.348 e. The number of hydrogen-bond acceptors (Lipinski definition) is 3. The van der Waals surface area contributed by atoms with E-state index < -0.39 is 16.1 Å². The van der Waals surface area contributed by atoms with E-state index in [1.165, 1.54) is 4.31 Å². The van der Waals surface area contributed by atoms with Gasteiger partial charge in [0.25, 0.3) is 10.0 Å². The van der Waals surface area contributed by atoms with E-state index in [9.17, 15) is 13.2 Å². The molecule has 0 saturated carbocycles. The first-order valence-electron chi connectivity index (χ1n) is 8.83. The Kier molecular flexibility index (Phi) is 4.15. The fraction of sp³-hybridized carbons (Fsp3) is 0.190. The summed E-state index contributed by atoms with van der Waals surface area (Å²) in [7, 11) is -3.77. The Morgan fingerprint density at radius 2 is 1.59 bits per heavy atom. The van der Waals surface area contributed by atoms with Gasteiger partial charge in [0.2, 0.25) is 5.91 Å². The van der Waals surface area contributed by atoms with Crippen LogP contribution < -0.4 is 9.62 Å². The monoisotopic (exact) mass is 380 g/mol. The molecule has 0 unspecified atom stereocenters. The molecule has 0 spiro atoms. The van der Waals surface area contributed by atoms with E-state index >= 15 is 0 Å². The Balaban J connectivity index is 1.67. The normalized spacial score (nSPS) is 16.9. The lowest BCUT2D eigenvalue weighted by atomic mass is 10.1. The minimum atomic E-state index is -3.77. The zero-order valence-corrected chi connectivity index (χ0v) is 15.9. The largest absolute Gasteiger partial charge is 0.348 e. The molecule has 1 aliphatic heterocycles. The number of anilines is 1. The van der Waals surface area contributed by atoms with Crippen molar-refractivity contribution in [3.8, 4) is 0 Å². The van der Waals surface area contributed by atoms with Gasteiger partial charge in [-0.05, 0) is 36.9 Å². The van der Waals surface area contributed by atoms with Crippen molar-refractivity contribution in [3.05, 3.63) is 72.3 Å². The highest BCUT2D eigenvalue weighted by atomic mass is 32.2. The summed E-state index contributed by atoms with van der Waals surface area (Å²) >= 11 is 0. The van der Waals surface area contributed by atoms with Crippen LogP contribution in [0, 0.1) is 0 Å². The molecule has 6 heteroatoms. The summed E-state index contributed by atoms with van der Waals surface area (Å²) in [6.45, 7) is 3.50. The van der Waals surface area contributed by atoms with E-state index in [4.69, 9.17) is 0 Å². The molecule has 0 aromatic heterocycles. The summed E-state index contributed by atoms with van der Waals surface area (Å²) in [5.74, 6) is -0.334. The van der Waals surface area contributed by atoms with Gasteiger partial charge in [-0.25, -0.2) is 8.42 Å². The molecule has 0 saturated heterocycles. The summed E-state index contributed by atoms with van der Waals surface area (Å²) in [5, 5.41) is 4.45. The maximum Gasteiger partial charge on any atom is 0.265 e. The van der Waals surface area contributed by atoms with Crippen molar-refractivity contribution < 1.29 is 13.2 Å². The minimum absolute atomic E-state index is 0.218. The molecule has 138 valence electrons. The third kappa shape index (κ3) is 2.77. The Labute approximate surface area is 158 Å². The summed E-state index contributed by atoms with van der Waals surface area (Å²) in [5.41, 5.74) is 1.52. The lowest BCUT2D eigenvalue weighted by Crippen LogP contribution is -2.47. The van der Waals surface area contributed by atoms with E-state index in [-0.39, 0.29) is 16.8 Å². The molecular formula is C21H20N2O3S. The van der Waals surface area contributed by atoms with Gasteiger partial charge in [0.15, 0.2) is 0 Å². The summed E-state index contributed by atoms with van der Waals surface area (Å²) in [6.07, 6.45) is 0. The quantitative estimate of drug-likeness (QED) is 0.752. The van der Waals surface area contributed by atoms with Crippen molar-refractivity contribution in [3.63, 3.8) is 0 Å². The number of rotatable bonds is 4. The molecule has 0 bridgehead atoms. The average Bonchev–Trinajstić information content (AvgIpc) is 2.90. The average molecular weight is 380 g/mol. The molecule has 0 aliphatic carbocycles. The Hall–Kier alpha value is -2.86. The zero-order valence-electron chi connectivity index (χ0n) is 15.1. The molecule has 2 atom stereocenters. The Bertz CT molecular complexity index is 1120. The lowest BCUT2D eigenvalue weighted by Gasteiger charge is -2.27. The van der Waals surface area contributed by atoms with Crippen LogP contribution in [0.5, 0.6) is 0 Å². The van der Waals surface area contributed by atoms with Crippen LogP contribution in [0.15, 0.2) is 71.6 Å². The summed E-state index contributed by atoms with van der Waals surface area (Å²) in [4.78, 5) is 13.1. The molecule has 1 amide bonds. The van der Waals surface area contributed by atoms with Crippen LogP contribution in [0.1, 0.15) is 25.5 Å². The first kappa shape index (κ1) is 17.5. The van der Waals surface area contributed by atoms with E-state index in [1.807, 2.05) is 55.5 Å². The van der Waals surface area contributed by atoms with Gasteiger partial charge in [0, 0.05) is 5.39 Å². The van der Waals surface area contributed by atoms with Crippen molar-refractivity contribution >= 4 is 32.4 Å². The maximum absolute atomic E-state index is 13.1. The predicted octanol–water partition coefficient (Wildman–Crippen LogP) is 3.61. The third-order valence-corrected chi connectivity index (χ3v) is 6.94. The molecule has 0 fully saturated rings. The van der Waals surface area contributed by atoms with Crippen LogP contribution in [-0.2, 0) is 14.8 Å². The second-order valence-corrected chi connectivity index (χ2v) is 8.53. The molecule has 0 radical (unpaired) electrons. The van der Waals surface area contributed by atoms with Gasteiger partial charge in [-0.15, -0.1) is 0 Å². The zero-order chi connectivity index (χ0) is 19.2. The van der Waals surface area contributed by atoms with Gasteiger partial charge in [-0.2, -0.15) is 0 Å². The first-order chi connectivity index (χ1) is 12.9. The number of amides is 1. The fourth-order valence-corrected chi connectivity index (χ4v) is 5.47. The Morgan fingerprint density at radius 1 is 0.926 bits per heavy atom. The Morgan fingerprint density at radius 3 is 2.30 bits per heavy atom. The highest BCUT2D eigenvalue weighted by Gasteiger charge is 2.40. The number of hydrogen-bond donors (Lipinski definition) is 1. The van der Waals surface area contributed by atoms with Crippen molar-refractivity contribution in [1.82, 2.24) is 5.32 Å². The predicted molar refractivity (Wildman–Crippen MR) is 106 cm³/mol. The number of carbonyl (C=O) groups excluding carboxylic acids is 1. The van der Waals surface area contributed by atoms with E-state index in [0.717, 1.165) is 10.9 Å². The van der Waals surface area contributed by atoms with Crippen molar-refractivity contribution in [1.29, 1.82) is 0 Å². The number of sulfonamides is 1. The number of carbonyl (C=O) groups is 1. The molecule has 3 aromatic rings. The molecule has 4 rings (SSSR count). The van der Waals surface area contributed by atoms with Crippen LogP contribution in [0.4, 0.5) is 5.69 Å². The SMILES string of the molecule is C[C@H](NC(=O)[C@@H](C)N1c2cccc3cccc(c23)S1(=O)=O)c1ccccc1. The topological polar surface area (TPSA) is 66.5 Å². The number of nitrogens with one attached hydrogen (secondary N) is 1. The van der Waals surface area contributed by atoms with Crippen LogP contribution in [0.2, 0.25) is 0 Å². The van der Waals surface area contributed by atoms with Gasteiger partial charge in [0.05, 0.1) is 16.6 Å². The number of nitrogens with zero attached hydrogens (tertiary/aromatic N) is 1. The van der Waals surface area contributed by atoms with Crippen LogP contribution in [0.3, 0.4) is 0 Å². The van der Waals surface area contributed by atoms with E-state index in [0.29, 0.717) is 11.1 Å².